The highest BCUT2D eigenvalue weighted by atomic mass is 32.2. The summed E-state index contributed by atoms with van der Waals surface area (Å²) in [5.74, 6) is 1.21. The Morgan fingerprint density at radius 2 is 2.00 bits per heavy atom. The normalized spacial score (nSPS) is 14.3. The molecule has 0 saturated heterocycles. The fourth-order valence-corrected chi connectivity index (χ4v) is 4.04. The van der Waals surface area contributed by atoms with Crippen LogP contribution < -0.4 is 10.2 Å². The highest BCUT2D eigenvalue weighted by Crippen LogP contribution is 2.26. The van der Waals surface area contributed by atoms with Crippen molar-refractivity contribution >= 4 is 23.4 Å². The molecule has 7 heteroatoms. The Kier molecular flexibility index (Phi) is 6.55. The molecule has 0 atom stereocenters. The molecule has 144 valence electrons. The number of amides is 1. The van der Waals surface area contributed by atoms with Crippen LogP contribution in [0.1, 0.15) is 25.7 Å². The average Bonchev–Trinajstić information content (AvgIpc) is 3.30. The molecule has 1 aliphatic carbocycles. The van der Waals surface area contributed by atoms with Crippen LogP contribution in [0.4, 0.5) is 5.69 Å². The van der Waals surface area contributed by atoms with Crippen molar-refractivity contribution in [2.75, 3.05) is 24.7 Å². The maximum atomic E-state index is 12.2. The molecule has 0 aliphatic heterocycles. The van der Waals surface area contributed by atoms with E-state index in [-0.39, 0.29) is 5.91 Å². The molecule has 1 N–H and O–H groups in total. The summed E-state index contributed by atoms with van der Waals surface area (Å²) in [5.41, 5.74) is 2.13. The molecule has 0 spiro atoms. The molecular weight excluding hydrogens is 358 g/mol. The SMILES string of the molecule is C=CCn1c(SCC(=O)NC2CCCC2)nnc1-c1ccc(N(C)C)cc1. The lowest BCUT2D eigenvalue weighted by Crippen LogP contribution is -2.33. The number of hydrogen-bond donors (Lipinski definition) is 1. The van der Waals surface area contributed by atoms with Gasteiger partial charge in [0.25, 0.3) is 0 Å². The van der Waals surface area contributed by atoms with Gasteiger partial charge in [-0.05, 0) is 37.1 Å². The van der Waals surface area contributed by atoms with Crippen LogP contribution in [-0.2, 0) is 11.3 Å². The van der Waals surface area contributed by atoms with Crippen LogP contribution >= 0.6 is 11.8 Å². The van der Waals surface area contributed by atoms with E-state index in [1.807, 2.05) is 36.9 Å². The third-order valence-corrected chi connectivity index (χ3v) is 5.69. The van der Waals surface area contributed by atoms with E-state index in [1.165, 1.54) is 24.6 Å². The third kappa shape index (κ3) is 4.91. The van der Waals surface area contributed by atoms with Crippen LogP contribution in [0.5, 0.6) is 0 Å². The molecule has 3 rings (SSSR count). The number of benzene rings is 1. The quantitative estimate of drug-likeness (QED) is 0.558. The summed E-state index contributed by atoms with van der Waals surface area (Å²) in [6.45, 7) is 4.44. The largest absolute Gasteiger partial charge is 0.378 e. The van der Waals surface area contributed by atoms with Gasteiger partial charge in [-0.25, -0.2) is 0 Å². The average molecular weight is 386 g/mol. The number of anilines is 1. The summed E-state index contributed by atoms with van der Waals surface area (Å²) in [5, 5.41) is 12.5. The third-order valence-electron chi connectivity index (χ3n) is 4.72. The molecule has 0 unspecified atom stereocenters. The minimum atomic E-state index is 0.0666. The van der Waals surface area contributed by atoms with Crippen molar-refractivity contribution in [3.05, 3.63) is 36.9 Å². The van der Waals surface area contributed by atoms with Gasteiger partial charge in [0.05, 0.1) is 5.75 Å². The maximum Gasteiger partial charge on any atom is 0.230 e. The number of rotatable bonds is 8. The second-order valence-electron chi connectivity index (χ2n) is 6.98. The van der Waals surface area contributed by atoms with Crippen molar-refractivity contribution < 1.29 is 4.79 Å². The summed E-state index contributed by atoms with van der Waals surface area (Å²) in [6.07, 6.45) is 6.43. The van der Waals surface area contributed by atoms with Gasteiger partial charge in [0.2, 0.25) is 5.91 Å². The van der Waals surface area contributed by atoms with Gasteiger partial charge in [-0.1, -0.05) is 30.7 Å². The van der Waals surface area contributed by atoms with Crippen LogP contribution in [-0.4, -0.2) is 46.6 Å². The van der Waals surface area contributed by atoms with Gasteiger partial charge < -0.3 is 10.2 Å². The standard InChI is InChI=1S/C20H27N5OS/c1-4-13-25-19(15-9-11-17(12-10-15)24(2)3)22-23-20(25)27-14-18(26)21-16-7-5-6-8-16/h4,9-12,16H,1,5-8,13-14H2,2-3H3,(H,21,26). The van der Waals surface area contributed by atoms with Crippen molar-refractivity contribution in [1.29, 1.82) is 0 Å². The lowest BCUT2D eigenvalue weighted by Gasteiger charge is -2.13. The molecule has 1 amide bonds. The van der Waals surface area contributed by atoms with Gasteiger partial charge in [-0.15, -0.1) is 16.8 Å². The Labute approximate surface area is 165 Å². The Balaban J connectivity index is 1.70. The summed E-state index contributed by atoms with van der Waals surface area (Å²) in [6, 6.07) is 8.55. The second-order valence-corrected chi connectivity index (χ2v) is 7.93. The Morgan fingerprint density at radius 1 is 1.30 bits per heavy atom. The van der Waals surface area contributed by atoms with Gasteiger partial charge in [0, 0.05) is 37.9 Å². The van der Waals surface area contributed by atoms with Crippen molar-refractivity contribution in [1.82, 2.24) is 20.1 Å². The summed E-state index contributed by atoms with van der Waals surface area (Å²) in [4.78, 5) is 14.3. The van der Waals surface area contributed by atoms with Crippen LogP contribution in [0.15, 0.2) is 42.1 Å². The lowest BCUT2D eigenvalue weighted by molar-refractivity contribution is -0.119. The van der Waals surface area contributed by atoms with Crippen molar-refractivity contribution in [2.24, 2.45) is 0 Å². The molecule has 0 bridgehead atoms. The zero-order valence-electron chi connectivity index (χ0n) is 16.0. The Morgan fingerprint density at radius 3 is 2.63 bits per heavy atom. The van der Waals surface area contributed by atoms with Gasteiger partial charge in [-0.3, -0.25) is 9.36 Å². The van der Waals surface area contributed by atoms with Gasteiger partial charge in [-0.2, -0.15) is 0 Å². The Hall–Kier alpha value is -2.28. The number of nitrogens with one attached hydrogen (secondary N) is 1. The van der Waals surface area contributed by atoms with E-state index in [1.54, 1.807) is 0 Å². The first-order valence-electron chi connectivity index (χ1n) is 9.32. The number of nitrogens with zero attached hydrogens (tertiary/aromatic N) is 4. The van der Waals surface area contributed by atoms with E-state index < -0.39 is 0 Å². The molecule has 1 aliphatic rings. The highest BCUT2D eigenvalue weighted by molar-refractivity contribution is 7.99. The molecule has 1 saturated carbocycles. The van der Waals surface area contributed by atoms with Crippen LogP contribution in [0.3, 0.4) is 0 Å². The number of thioether (sulfide) groups is 1. The van der Waals surface area contributed by atoms with Gasteiger partial charge >= 0.3 is 0 Å². The maximum absolute atomic E-state index is 12.2. The fourth-order valence-electron chi connectivity index (χ4n) is 3.28. The number of aromatic nitrogens is 3. The zero-order chi connectivity index (χ0) is 19.2. The fraction of sp³-hybridized carbons (Fsp3) is 0.450. The van der Waals surface area contributed by atoms with E-state index in [4.69, 9.17) is 0 Å². The van der Waals surface area contributed by atoms with Crippen molar-refractivity contribution in [2.45, 2.75) is 43.4 Å². The first-order chi connectivity index (χ1) is 13.1. The summed E-state index contributed by atoms with van der Waals surface area (Å²) >= 11 is 1.42. The number of carbonyl (C=O) groups is 1. The minimum Gasteiger partial charge on any atom is -0.378 e. The van der Waals surface area contributed by atoms with Gasteiger partial charge in [0.15, 0.2) is 11.0 Å². The van der Waals surface area contributed by atoms with Crippen LogP contribution in [0.2, 0.25) is 0 Å². The summed E-state index contributed by atoms with van der Waals surface area (Å²) in [7, 11) is 4.03. The smallest absolute Gasteiger partial charge is 0.230 e. The van der Waals surface area contributed by atoms with Crippen LogP contribution in [0.25, 0.3) is 11.4 Å². The Bertz CT molecular complexity index is 778. The number of carbonyl (C=O) groups excluding carboxylic acids is 1. The highest BCUT2D eigenvalue weighted by Gasteiger charge is 2.19. The predicted octanol–water partition coefficient (Wildman–Crippen LogP) is 3.35. The number of hydrogen-bond acceptors (Lipinski definition) is 5. The van der Waals surface area contributed by atoms with E-state index in [9.17, 15) is 4.79 Å². The second kappa shape index (κ2) is 9.08. The first kappa shape index (κ1) is 19.5. The van der Waals surface area contributed by atoms with Crippen molar-refractivity contribution in [3.63, 3.8) is 0 Å². The molecule has 2 aromatic rings. The number of allylic oxidation sites excluding steroid dienone is 1. The molecule has 1 fully saturated rings. The molecule has 1 aromatic heterocycles. The first-order valence-corrected chi connectivity index (χ1v) is 10.3. The van der Waals surface area contributed by atoms with E-state index in [0.717, 1.165) is 35.1 Å². The molecular formula is C20H27N5OS. The van der Waals surface area contributed by atoms with E-state index in [2.05, 4.69) is 39.1 Å². The summed E-state index contributed by atoms with van der Waals surface area (Å²) < 4.78 is 2.01. The van der Waals surface area contributed by atoms with Gasteiger partial charge in [0.1, 0.15) is 0 Å². The van der Waals surface area contributed by atoms with Crippen molar-refractivity contribution in [3.8, 4) is 11.4 Å². The zero-order valence-corrected chi connectivity index (χ0v) is 16.8. The monoisotopic (exact) mass is 385 g/mol. The lowest BCUT2D eigenvalue weighted by atomic mass is 10.2. The molecule has 27 heavy (non-hydrogen) atoms. The minimum absolute atomic E-state index is 0.0666. The topological polar surface area (TPSA) is 63.1 Å². The molecule has 6 nitrogen and oxygen atoms in total. The molecule has 1 aromatic carbocycles. The molecule has 1 heterocycles. The predicted molar refractivity (Wildman–Crippen MR) is 111 cm³/mol. The van der Waals surface area contributed by atoms with E-state index >= 15 is 0 Å². The van der Waals surface area contributed by atoms with Crippen LogP contribution in [0, 0.1) is 0 Å². The van der Waals surface area contributed by atoms with E-state index in [0.29, 0.717) is 18.3 Å². The molecule has 0 radical (unpaired) electrons.